The molecule has 0 fully saturated rings. The van der Waals surface area contributed by atoms with Crippen LogP contribution in [0, 0.1) is 0 Å². The summed E-state index contributed by atoms with van der Waals surface area (Å²) in [4.78, 5) is 24.3. The van der Waals surface area contributed by atoms with Gasteiger partial charge in [0.2, 0.25) is 0 Å². The van der Waals surface area contributed by atoms with Crippen molar-refractivity contribution in [2.24, 2.45) is 0 Å². The molecule has 0 saturated carbocycles. The third-order valence-electron chi connectivity index (χ3n) is 5.01. The van der Waals surface area contributed by atoms with E-state index < -0.39 is 24.0 Å². The molecule has 164 valence electrons. The van der Waals surface area contributed by atoms with Crippen LogP contribution in [0.1, 0.15) is 28.7 Å². The summed E-state index contributed by atoms with van der Waals surface area (Å²) in [5.74, 6) is 0.226. The van der Waals surface area contributed by atoms with E-state index in [2.05, 4.69) is 4.74 Å². The van der Waals surface area contributed by atoms with Crippen molar-refractivity contribution in [2.45, 2.75) is 12.0 Å². The molecule has 0 saturated heterocycles. The molecule has 2 aromatic rings. The third kappa shape index (κ3) is 4.28. The maximum Gasteiger partial charge on any atom is 0.330 e. The molecule has 31 heavy (non-hydrogen) atoms. The second-order valence-corrected chi connectivity index (χ2v) is 6.65. The predicted molar refractivity (Wildman–Crippen MR) is 112 cm³/mol. The maximum absolute atomic E-state index is 12.8. The van der Waals surface area contributed by atoms with Gasteiger partial charge in [-0.25, -0.2) is 4.79 Å². The van der Waals surface area contributed by atoms with Crippen molar-refractivity contribution in [3.8, 4) is 23.0 Å². The highest BCUT2D eigenvalue weighted by molar-refractivity contribution is 5.88. The van der Waals surface area contributed by atoms with E-state index in [0.717, 1.165) is 0 Å². The molecule has 0 spiro atoms. The van der Waals surface area contributed by atoms with Crippen LogP contribution in [0.5, 0.6) is 23.0 Å². The van der Waals surface area contributed by atoms with Crippen molar-refractivity contribution in [3.63, 3.8) is 0 Å². The highest BCUT2D eigenvalue weighted by Gasteiger charge is 2.43. The first-order valence-corrected chi connectivity index (χ1v) is 9.41. The van der Waals surface area contributed by atoms with E-state index in [0.29, 0.717) is 39.7 Å². The zero-order valence-electron chi connectivity index (χ0n) is 18.0. The molecule has 1 aliphatic heterocycles. The molecule has 0 aliphatic carbocycles. The first-order chi connectivity index (χ1) is 15.0. The van der Waals surface area contributed by atoms with Gasteiger partial charge in [-0.3, -0.25) is 4.79 Å². The van der Waals surface area contributed by atoms with Crippen LogP contribution >= 0.6 is 0 Å². The number of carbonyl (C=O) groups excluding carboxylic acids is 2. The van der Waals surface area contributed by atoms with Crippen LogP contribution in [0.4, 0.5) is 0 Å². The fourth-order valence-corrected chi connectivity index (χ4v) is 3.51. The molecule has 2 aromatic carbocycles. The number of esters is 2. The number of methoxy groups -OCH3 is 5. The van der Waals surface area contributed by atoms with Crippen molar-refractivity contribution >= 4 is 18.0 Å². The Hall–Kier alpha value is -3.68. The maximum atomic E-state index is 12.8. The Morgan fingerprint density at radius 2 is 1.58 bits per heavy atom. The number of rotatable bonds is 7. The van der Waals surface area contributed by atoms with Crippen molar-refractivity contribution in [3.05, 3.63) is 53.1 Å². The normalized spacial score (nSPS) is 16.9. The first-order valence-electron chi connectivity index (χ1n) is 9.41. The van der Waals surface area contributed by atoms with Crippen molar-refractivity contribution in [1.82, 2.24) is 0 Å². The third-order valence-corrected chi connectivity index (χ3v) is 5.01. The average Bonchev–Trinajstić information content (AvgIpc) is 3.20. The molecule has 0 radical (unpaired) electrons. The van der Waals surface area contributed by atoms with Gasteiger partial charge in [0.1, 0.15) is 12.0 Å². The van der Waals surface area contributed by atoms with Crippen LogP contribution in [0.2, 0.25) is 0 Å². The van der Waals surface area contributed by atoms with Crippen LogP contribution in [0.25, 0.3) is 6.08 Å². The number of carbonyl (C=O) groups is 2. The second-order valence-electron chi connectivity index (χ2n) is 6.65. The molecular formula is C23H24O8. The monoisotopic (exact) mass is 428 g/mol. The predicted octanol–water partition coefficient (Wildman–Crippen LogP) is 3.29. The van der Waals surface area contributed by atoms with E-state index in [-0.39, 0.29) is 0 Å². The molecule has 2 unspecified atom stereocenters. The number of ether oxygens (including phenoxy) is 6. The van der Waals surface area contributed by atoms with Gasteiger partial charge >= 0.3 is 11.9 Å². The fraction of sp³-hybridized carbons (Fsp3) is 0.304. The molecule has 0 N–H and O–H groups in total. The molecule has 0 amide bonds. The molecule has 1 heterocycles. The summed E-state index contributed by atoms with van der Waals surface area (Å²) in [6.45, 7) is 0. The summed E-state index contributed by atoms with van der Waals surface area (Å²) in [6.07, 6.45) is 2.19. The Balaban J connectivity index is 2.10. The van der Waals surface area contributed by atoms with Gasteiger partial charge in [-0.05, 0) is 41.5 Å². The molecule has 8 nitrogen and oxygen atoms in total. The van der Waals surface area contributed by atoms with Crippen LogP contribution in [-0.4, -0.2) is 47.5 Å². The second kappa shape index (κ2) is 9.42. The number of benzene rings is 2. The van der Waals surface area contributed by atoms with Crippen LogP contribution in [0.3, 0.4) is 0 Å². The Labute approximate surface area is 180 Å². The van der Waals surface area contributed by atoms with Crippen molar-refractivity contribution < 1.29 is 38.0 Å². The first kappa shape index (κ1) is 22.0. The summed E-state index contributed by atoms with van der Waals surface area (Å²) in [7, 11) is 7.20. The van der Waals surface area contributed by atoms with E-state index in [4.69, 9.17) is 23.7 Å². The summed E-state index contributed by atoms with van der Waals surface area (Å²) in [6, 6.07) is 8.79. The fourth-order valence-electron chi connectivity index (χ4n) is 3.51. The molecule has 8 heteroatoms. The molecule has 1 aliphatic rings. The topological polar surface area (TPSA) is 89.5 Å². The van der Waals surface area contributed by atoms with Crippen LogP contribution in [-0.2, 0) is 19.1 Å². The standard InChI is InChI=1S/C23H24O8/c1-26-16-8-7-14(12-17(16)27-2)21-20(23(25)30-5)15-10-13(6-9-19(24)29-4)11-18(28-3)22(15)31-21/h6-12,20-21H,1-5H3/b9-6+. The Morgan fingerprint density at radius 1 is 0.871 bits per heavy atom. The highest BCUT2D eigenvalue weighted by atomic mass is 16.5. The summed E-state index contributed by atoms with van der Waals surface area (Å²) in [5.41, 5.74) is 1.94. The average molecular weight is 428 g/mol. The van der Waals surface area contributed by atoms with E-state index in [1.54, 1.807) is 43.5 Å². The van der Waals surface area contributed by atoms with Gasteiger partial charge in [0.05, 0.1) is 35.5 Å². The Morgan fingerprint density at radius 3 is 2.19 bits per heavy atom. The van der Waals surface area contributed by atoms with Gasteiger partial charge in [-0.15, -0.1) is 0 Å². The summed E-state index contributed by atoms with van der Waals surface area (Å²) in [5, 5.41) is 0. The van der Waals surface area contributed by atoms with Gasteiger partial charge in [-0.1, -0.05) is 6.07 Å². The van der Waals surface area contributed by atoms with E-state index in [1.807, 2.05) is 0 Å². The van der Waals surface area contributed by atoms with Crippen LogP contribution < -0.4 is 18.9 Å². The van der Waals surface area contributed by atoms with Gasteiger partial charge < -0.3 is 28.4 Å². The van der Waals surface area contributed by atoms with E-state index in [9.17, 15) is 9.59 Å². The van der Waals surface area contributed by atoms with E-state index in [1.165, 1.54) is 34.5 Å². The molecular weight excluding hydrogens is 404 g/mol. The van der Waals surface area contributed by atoms with Gasteiger partial charge in [0.25, 0.3) is 0 Å². The smallest absolute Gasteiger partial charge is 0.330 e. The minimum atomic E-state index is -0.751. The van der Waals surface area contributed by atoms with Gasteiger partial charge in [0, 0.05) is 11.6 Å². The zero-order chi connectivity index (χ0) is 22.5. The number of hydrogen-bond donors (Lipinski definition) is 0. The summed E-state index contributed by atoms with van der Waals surface area (Å²) >= 11 is 0. The number of hydrogen-bond acceptors (Lipinski definition) is 8. The van der Waals surface area contributed by atoms with Gasteiger partial charge in [0.15, 0.2) is 23.0 Å². The lowest BCUT2D eigenvalue weighted by Crippen LogP contribution is -2.20. The quantitative estimate of drug-likeness (QED) is 0.490. The lowest BCUT2D eigenvalue weighted by Gasteiger charge is -2.19. The van der Waals surface area contributed by atoms with E-state index >= 15 is 0 Å². The van der Waals surface area contributed by atoms with Crippen LogP contribution in [0.15, 0.2) is 36.4 Å². The largest absolute Gasteiger partial charge is 0.493 e. The molecule has 0 bridgehead atoms. The lowest BCUT2D eigenvalue weighted by atomic mass is 9.90. The zero-order valence-corrected chi connectivity index (χ0v) is 18.0. The SMILES string of the molecule is COC(=O)/C=C/c1cc(OC)c2c(c1)C(C(=O)OC)C(c1ccc(OC)c(OC)c1)O2. The Bertz CT molecular complexity index is 1010. The molecule has 0 aromatic heterocycles. The lowest BCUT2D eigenvalue weighted by molar-refractivity contribution is -0.144. The minimum absolute atomic E-state index is 0.430. The Kier molecular flexibility index (Phi) is 6.69. The highest BCUT2D eigenvalue weighted by Crippen LogP contribution is 2.52. The molecule has 2 atom stereocenters. The van der Waals surface area contributed by atoms with Crippen molar-refractivity contribution in [1.29, 1.82) is 0 Å². The molecule has 3 rings (SSSR count). The van der Waals surface area contributed by atoms with Gasteiger partial charge in [-0.2, -0.15) is 0 Å². The minimum Gasteiger partial charge on any atom is -0.493 e. The van der Waals surface area contributed by atoms with Crippen molar-refractivity contribution in [2.75, 3.05) is 35.5 Å². The summed E-state index contributed by atoms with van der Waals surface area (Å²) < 4.78 is 32.1. The number of fused-ring (bicyclic) bond motifs is 1.